The summed E-state index contributed by atoms with van der Waals surface area (Å²) in [5.74, 6) is 0.736. The van der Waals surface area contributed by atoms with Crippen LogP contribution in [0.4, 0.5) is 0 Å². The molecule has 0 saturated heterocycles. The summed E-state index contributed by atoms with van der Waals surface area (Å²) in [5, 5.41) is 0. The summed E-state index contributed by atoms with van der Waals surface area (Å²) in [4.78, 5) is 2.79. The molecule has 0 bridgehead atoms. The average molecular weight is 595 g/mol. The van der Waals surface area contributed by atoms with E-state index in [0.29, 0.717) is 5.75 Å². The summed E-state index contributed by atoms with van der Waals surface area (Å²) >= 11 is 1.85. The molecule has 4 aromatic carbocycles. The Morgan fingerprint density at radius 3 is 2.07 bits per heavy atom. The van der Waals surface area contributed by atoms with Gasteiger partial charge in [0.2, 0.25) is 0 Å². The second kappa shape index (κ2) is 12.5. The minimum absolute atomic E-state index is 0.164. The van der Waals surface area contributed by atoms with Crippen LogP contribution in [0.5, 0.6) is 5.75 Å². The lowest BCUT2D eigenvalue weighted by Gasteiger charge is -2.32. The second-order valence-electron chi connectivity index (χ2n) is 11.5. The van der Waals surface area contributed by atoms with Crippen LogP contribution in [0.2, 0.25) is 0 Å². The van der Waals surface area contributed by atoms with Gasteiger partial charge in [-0.05, 0) is 72.0 Å². The zero-order valence-electron chi connectivity index (χ0n) is 24.4. The molecule has 0 spiro atoms. The molecule has 6 rings (SSSR count). The number of fused-ring (bicyclic) bond motifs is 3. The van der Waals surface area contributed by atoms with E-state index in [1.165, 1.54) is 64.2 Å². The standard InChI is InChI=1S/C37H38O3S2/c1-3-4-5-6-7-8-13-30-33-25-28(40-42(38,39)29-22-18-26(2)19-23-29)21-20-27(33)24-34(30)37-31-14-9-11-16-35(31)41-36-17-12-10-15-32(36)37/h9-12,14-25,30,37H,3-8,13H2,1-2H3. The third kappa shape index (κ3) is 5.95. The van der Waals surface area contributed by atoms with Gasteiger partial charge in [0.05, 0.1) is 0 Å². The fourth-order valence-corrected chi connectivity index (χ4v) is 8.44. The predicted octanol–water partition coefficient (Wildman–Crippen LogP) is 10.3. The van der Waals surface area contributed by atoms with Crippen LogP contribution in [-0.2, 0) is 10.1 Å². The first-order chi connectivity index (χ1) is 20.4. The van der Waals surface area contributed by atoms with Crippen molar-refractivity contribution in [1.29, 1.82) is 0 Å². The van der Waals surface area contributed by atoms with E-state index in [-0.39, 0.29) is 16.7 Å². The van der Waals surface area contributed by atoms with Crippen LogP contribution in [0.1, 0.15) is 91.5 Å². The molecule has 1 aliphatic heterocycles. The predicted molar refractivity (Wildman–Crippen MR) is 173 cm³/mol. The van der Waals surface area contributed by atoms with Crippen molar-refractivity contribution in [2.45, 2.75) is 85.3 Å². The molecule has 0 saturated carbocycles. The number of allylic oxidation sites excluding steroid dienone is 1. The Morgan fingerprint density at radius 2 is 1.38 bits per heavy atom. The van der Waals surface area contributed by atoms with Gasteiger partial charge in [0, 0.05) is 21.6 Å². The van der Waals surface area contributed by atoms with Crippen molar-refractivity contribution in [2.75, 3.05) is 0 Å². The van der Waals surface area contributed by atoms with Crippen LogP contribution in [0.3, 0.4) is 0 Å². The van der Waals surface area contributed by atoms with Gasteiger partial charge in [-0.3, -0.25) is 0 Å². The Hall–Kier alpha value is -3.28. The third-order valence-corrected chi connectivity index (χ3v) is 11.0. The Labute approximate surface area is 255 Å². The van der Waals surface area contributed by atoms with Gasteiger partial charge in [0.15, 0.2) is 0 Å². The van der Waals surface area contributed by atoms with Crippen molar-refractivity contribution in [3.05, 3.63) is 124 Å². The van der Waals surface area contributed by atoms with Crippen LogP contribution in [0.15, 0.2) is 111 Å². The minimum atomic E-state index is -3.93. The fraction of sp³-hybridized carbons (Fsp3) is 0.297. The number of benzene rings is 4. The van der Waals surface area contributed by atoms with Crippen molar-refractivity contribution in [2.24, 2.45) is 0 Å². The molecule has 1 aliphatic carbocycles. The summed E-state index contributed by atoms with van der Waals surface area (Å²) in [6.07, 6.45) is 10.8. The van der Waals surface area contributed by atoms with Gasteiger partial charge in [0.1, 0.15) is 10.6 Å². The van der Waals surface area contributed by atoms with Crippen LogP contribution in [0.25, 0.3) is 6.08 Å². The van der Waals surface area contributed by atoms with Crippen LogP contribution < -0.4 is 4.18 Å². The summed E-state index contributed by atoms with van der Waals surface area (Å²) in [6.45, 7) is 4.19. The molecule has 4 aromatic rings. The van der Waals surface area contributed by atoms with E-state index in [0.717, 1.165) is 24.0 Å². The lowest BCUT2D eigenvalue weighted by molar-refractivity contribution is 0.485. The average Bonchev–Trinajstić information content (AvgIpc) is 3.34. The number of unbranched alkanes of at least 4 members (excludes halogenated alkanes) is 5. The molecule has 0 aromatic heterocycles. The zero-order valence-corrected chi connectivity index (χ0v) is 26.0. The molecule has 1 atom stereocenters. The highest BCUT2D eigenvalue weighted by Gasteiger charge is 2.36. The van der Waals surface area contributed by atoms with Gasteiger partial charge in [-0.1, -0.05) is 129 Å². The largest absolute Gasteiger partial charge is 0.379 e. The maximum atomic E-state index is 13.1. The topological polar surface area (TPSA) is 43.4 Å². The number of rotatable bonds is 11. The smallest absolute Gasteiger partial charge is 0.339 e. The zero-order chi connectivity index (χ0) is 29.1. The first kappa shape index (κ1) is 28.8. The monoisotopic (exact) mass is 594 g/mol. The maximum absolute atomic E-state index is 13.1. The summed E-state index contributed by atoms with van der Waals surface area (Å²) in [5.41, 5.74) is 7.44. The highest BCUT2D eigenvalue weighted by atomic mass is 32.2. The normalized spacial score (nSPS) is 16.0. The molecule has 5 heteroatoms. The molecule has 0 fully saturated rings. The molecule has 1 heterocycles. The van der Waals surface area contributed by atoms with Crippen molar-refractivity contribution < 1.29 is 12.6 Å². The van der Waals surface area contributed by atoms with Crippen molar-refractivity contribution >= 4 is 28.0 Å². The number of hydrogen-bond donors (Lipinski definition) is 0. The van der Waals surface area contributed by atoms with Gasteiger partial charge in [-0.25, -0.2) is 0 Å². The second-order valence-corrected chi connectivity index (χ2v) is 14.1. The molecular weight excluding hydrogens is 557 g/mol. The maximum Gasteiger partial charge on any atom is 0.339 e. The Balaban J connectivity index is 1.35. The van der Waals surface area contributed by atoms with E-state index in [4.69, 9.17) is 4.18 Å². The van der Waals surface area contributed by atoms with Gasteiger partial charge >= 0.3 is 10.1 Å². The highest BCUT2D eigenvalue weighted by Crippen LogP contribution is 2.55. The van der Waals surface area contributed by atoms with Gasteiger partial charge < -0.3 is 4.18 Å². The quantitative estimate of drug-likeness (QED) is 0.128. The first-order valence-corrected chi connectivity index (χ1v) is 17.4. The highest BCUT2D eigenvalue weighted by molar-refractivity contribution is 7.99. The summed E-state index contributed by atoms with van der Waals surface area (Å²) in [6, 6.07) is 30.2. The van der Waals surface area contributed by atoms with E-state index in [1.807, 2.05) is 30.8 Å². The Bertz CT molecular complexity index is 1660. The molecule has 3 nitrogen and oxygen atoms in total. The lowest BCUT2D eigenvalue weighted by atomic mass is 9.77. The van der Waals surface area contributed by atoms with Gasteiger partial charge in [-0.15, -0.1) is 0 Å². The molecular formula is C37H38O3S2. The van der Waals surface area contributed by atoms with E-state index < -0.39 is 10.1 Å². The van der Waals surface area contributed by atoms with Crippen LogP contribution >= 0.6 is 11.8 Å². The fourth-order valence-electron chi connectivity index (χ4n) is 6.38. The first-order valence-electron chi connectivity index (χ1n) is 15.2. The van der Waals surface area contributed by atoms with E-state index in [9.17, 15) is 8.42 Å². The Kier molecular flexibility index (Phi) is 8.60. The SMILES string of the molecule is CCCCCCCCC1C(C2c3ccccc3Sc3ccccc32)=Cc2ccc(OS(=O)(=O)c3ccc(C)cc3)cc21. The van der Waals surface area contributed by atoms with Gasteiger partial charge in [-0.2, -0.15) is 8.42 Å². The van der Waals surface area contributed by atoms with Crippen LogP contribution in [0, 0.1) is 6.92 Å². The molecule has 0 radical (unpaired) electrons. The summed E-state index contributed by atoms with van der Waals surface area (Å²) in [7, 11) is -3.93. The third-order valence-electron chi connectivity index (χ3n) is 8.53. The number of aryl methyl sites for hydroxylation is 1. The minimum Gasteiger partial charge on any atom is -0.379 e. The van der Waals surface area contributed by atoms with Gasteiger partial charge in [0.25, 0.3) is 0 Å². The van der Waals surface area contributed by atoms with E-state index in [2.05, 4.69) is 61.5 Å². The molecule has 1 unspecified atom stereocenters. The van der Waals surface area contributed by atoms with Crippen molar-refractivity contribution in [1.82, 2.24) is 0 Å². The van der Waals surface area contributed by atoms with Crippen molar-refractivity contribution in [3.8, 4) is 5.75 Å². The lowest BCUT2D eigenvalue weighted by Crippen LogP contribution is -2.14. The Morgan fingerprint density at radius 1 is 0.738 bits per heavy atom. The van der Waals surface area contributed by atoms with Crippen molar-refractivity contribution in [3.63, 3.8) is 0 Å². The molecule has 0 N–H and O–H groups in total. The molecule has 0 amide bonds. The molecule has 42 heavy (non-hydrogen) atoms. The van der Waals surface area contributed by atoms with Crippen LogP contribution in [-0.4, -0.2) is 8.42 Å². The molecule has 2 aliphatic rings. The summed E-state index contributed by atoms with van der Waals surface area (Å²) < 4.78 is 32.0. The van der Waals surface area contributed by atoms with E-state index in [1.54, 1.807) is 30.3 Å². The molecule has 216 valence electrons. The number of hydrogen-bond acceptors (Lipinski definition) is 4. The van der Waals surface area contributed by atoms with E-state index >= 15 is 0 Å².